The first-order chi connectivity index (χ1) is 22.9. The number of rotatable bonds is 9. The number of ether oxygens (including phenoxy) is 4. The fraction of sp³-hybridized carbons (Fsp3) is 0.167. The van der Waals surface area contributed by atoms with Crippen molar-refractivity contribution in [1.82, 2.24) is 4.57 Å². The number of benzene rings is 3. The molecule has 0 radical (unpaired) electrons. The number of nitrogens with zero attached hydrogens (tertiary/aromatic N) is 2. The topological polar surface area (TPSA) is 119 Å². The Morgan fingerprint density at radius 1 is 0.894 bits per heavy atom. The molecule has 1 aliphatic rings. The summed E-state index contributed by atoms with van der Waals surface area (Å²) in [6, 6.07) is 24.1. The Labute approximate surface area is 273 Å². The molecule has 2 aromatic heterocycles. The van der Waals surface area contributed by atoms with Gasteiger partial charge < -0.3 is 23.4 Å². The largest absolute Gasteiger partial charge is 0.493 e. The molecule has 11 heteroatoms. The van der Waals surface area contributed by atoms with E-state index in [0.717, 1.165) is 5.56 Å². The average Bonchev–Trinajstić information content (AvgIpc) is 3.71. The molecular weight excluding hydrogens is 620 g/mol. The van der Waals surface area contributed by atoms with Gasteiger partial charge in [-0.25, -0.2) is 14.6 Å². The van der Waals surface area contributed by atoms with Crippen LogP contribution in [0.3, 0.4) is 0 Å². The quantitative estimate of drug-likeness (QED) is 0.205. The summed E-state index contributed by atoms with van der Waals surface area (Å²) in [5, 5.41) is 0. The highest BCUT2D eigenvalue weighted by Crippen LogP contribution is 2.38. The molecule has 0 fully saturated rings. The van der Waals surface area contributed by atoms with Crippen molar-refractivity contribution in [1.29, 1.82) is 0 Å². The summed E-state index contributed by atoms with van der Waals surface area (Å²) in [6.07, 6.45) is 1.65. The average molecular weight is 651 g/mol. The Bertz CT molecular complexity index is 2180. The third-order valence-corrected chi connectivity index (χ3v) is 8.57. The van der Waals surface area contributed by atoms with Gasteiger partial charge in [-0.1, -0.05) is 59.9 Å². The molecule has 1 aliphatic heterocycles. The SMILES string of the molecule is CCOC(=O)C1=C(c2ccccc2)N=c2s/c(=C\c3ccc(-c4ccc(C(=O)OC)cc4)o3)c(=O)n2C1c1ccc(OC)c(OC)c1. The van der Waals surface area contributed by atoms with Gasteiger partial charge in [0.1, 0.15) is 11.5 Å². The van der Waals surface area contributed by atoms with E-state index in [1.165, 1.54) is 37.2 Å². The third-order valence-electron chi connectivity index (χ3n) is 7.59. The van der Waals surface area contributed by atoms with Gasteiger partial charge in [-0.3, -0.25) is 9.36 Å². The first kappa shape index (κ1) is 31.3. The summed E-state index contributed by atoms with van der Waals surface area (Å²) < 4.78 is 29.3. The maximum Gasteiger partial charge on any atom is 0.338 e. The lowest BCUT2D eigenvalue weighted by Gasteiger charge is -2.26. The van der Waals surface area contributed by atoms with Gasteiger partial charge in [-0.05, 0) is 48.9 Å². The standard InChI is InChI=1S/C36H30N2O8S/c1-5-45-35(41)30-31(22-9-7-6-8-10-22)37-36-38(32(30)24-15-17-27(42-2)28(19-24)43-3)33(39)29(47-36)20-25-16-18-26(46-25)21-11-13-23(14-12-21)34(40)44-4/h6-20,32H,5H2,1-4H3/b29-20-. The number of esters is 2. The Kier molecular flexibility index (Phi) is 8.90. The highest BCUT2D eigenvalue weighted by atomic mass is 32.1. The van der Waals surface area contributed by atoms with E-state index in [-0.39, 0.29) is 17.7 Å². The van der Waals surface area contributed by atoms with E-state index in [1.54, 1.807) is 67.6 Å². The molecule has 0 spiro atoms. The van der Waals surface area contributed by atoms with Gasteiger partial charge in [0.2, 0.25) is 0 Å². The second-order valence-electron chi connectivity index (χ2n) is 10.3. The summed E-state index contributed by atoms with van der Waals surface area (Å²) in [4.78, 5) is 45.0. The van der Waals surface area contributed by atoms with Crippen LogP contribution < -0.4 is 24.4 Å². The van der Waals surface area contributed by atoms with E-state index < -0.39 is 18.0 Å². The molecule has 238 valence electrons. The molecule has 0 amide bonds. The van der Waals surface area contributed by atoms with Gasteiger partial charge in [0, 0.05) is 17.2 Å². The summed E-state index contributed by atoms with van der Waals surface area (Å²) in [5.74, 6) is 0.925. The van der Waals surface area contributed by atoms with Gasteiger partial charge >= 0.3 is 11.9 Å². The monoisotopic (exact) mass is 650 g/mol. The molecule has 6 rings (SSSR count). The zero-order chi connectivity index (χ0) is 33.1. The van der Waals surface area contributed by atoms with Crippen LogP contribution in [0.1, 0.15) is 40.2 Å². The number of fused-ring (bicyclic) bond motifs is 1. The van der Waals surface area contributed by atoms with Crippen LogP contribution >= 0.6 is 11.3 Å². The minimum absolute atomic E-state index is 0.139. The minimum Gasteiger partial charge on any atom is -0.493 e. The van der Waals surface area contributed by atoms with Crippen molar-refractivity contribution in [3.63, 3.8) is 0 Å². The highest BCUT2D eigenvalue weighted by molar-refractivity contribution is 7.07. The number of methoxy groups -OCH3 is 3. The smallest absolute Gasteiger partial charge is 0.338 e. The van der Waals surface area contributed by atoms with Crippen LogP contribution in [0.4, 0.5) is 0 Å². The van der Waals surface area contributed by atoms with Crippen molar-refractivity contribution in [2.45, 2.75) is 13.0 Å². The van der Waals surface area contributed by atoms with Gasteiger partial charge in [-0.15, -0.1) is 0 Å². The van der Waals surface area contributed by atoms with Crippen molar-refractivity contribution in [3.8, 4) is 22.8 Å². The van der Waals surface area contributed by atoms with Gasteiger partial charge in [-0.2, -0.15) is 0 Å². The van der Waals surface area contributed by atoms with Crippen LogP contribution in [0.2, 0.25) is 0 Å². The normalized spacial score (nSPS) is 14.3. The summed E-state index contributed by atoms with van der Waals surface area (Å²) >= 11 is 1.19. The molecular formula is C36H30N2O8S. The first-order valence-electron chi connectivity index (χ1n) is 14.7. The Balaban J connectivity index is 1.52. The summed E-state index contributed by atoms with van der Waals surface area (Å²) in [7, 11) is 4.39. The fourth-order valence-electron chi connectivity index (χ4n) is 5.38. The van der Waals surface area contributed by atoms with Crippen molar-refractivity contribution < 1.29 is 33.0 Å². The molecule has 0 aliphatic carbocycles. The van der Waals surface area contributed by atoms with Crippen molar-refractivity contribution in [2.75, 3.05) is 27.9 Å². The molecule has 10 nitrogen and oxygen atoms in total. The molecule has 0 bridgehead atoms. The van der Waals surface area contributed by atoms with Gasteiger partial charge in [0.15, 0.2) is 16.3 Å². The van der Waals surface area contributed by atoms with Gasteiger partial charge in [0.25, 0.3) is 5.56 Å². The van der Waals surface area contributed by atoms with E-state index in [4.69, 9.17) is 28.4 Å². The molecule has 0 saturated heterocycles. The number of furan rings is 1. The lowest BCUT2D eigenvalue weighted by atomic mass is 9.93. The lowest BCUT2D eigenvalue weighted by Crippen LogP contribution is -2.40. The van der Waals surface area contributed by atoms with Crippen molar-refractivity contribution >= 4 is 35.0 Å². The number of carbonyl (C=O) groups excluding carboxylic acids is 2. The van der Waals surface area contributed by atoms with Crippen LogP contribution in [0.15, 0.2) is 105 Å². The second kappa shape index (κ2) is 13.4. The number of hydrogen-bond donors (Lipinski definition) is 0. The predicted octanol–water partition coefficient (Wildman–Crippen LogP) is 5.00. The molecule has 1 atom stereocenters. The van der Waals surface area contributed by atoms with Crippen LogP contribution in [0, 0.1) is 0 Å². The van der Waals surface area contributed by atoms with Crippen LogP contribution in [-0.4, -0.2) is 44.4 Å². The maximum atomic E-state index is 14.2. The zero-order valence-corrected chi connectivity index (χ0v) is 26.8. The second-order valence-corrected chi connectivity index (χ2v) is 11.3. The highest BCUT2D eigenvalue weighted by Gasteiger charge is 2.35. The number of hydrogen-bond acceptors (Lipinski definition) is 10. The number of thiazole rings is 1. The molecule has 3 aromatic carbocycles. The predicted molar refractivity (Wildman–Crippen MR) is 176 cm³/mol. The lowest BCUT2D eigenvalue weighted by molar-refractivity contribution is -0.138. The van der Waals surface area contributed by atoms with E-state index in [2.05, 4.69) is 0 Å². The molecule has 47 heavy (non-hydrogen) atoms. The fourth-order valence-corrected chi connectivity index (χ4v) is 6.36. The molecule has 0 N–H and O–H groups in total. The van der Waals surface area contributed by atoms with Crippen LogP contribution in [0.5, 0.6) is 11.5 Å². The third kappa shape index (κ3) is 6.00. The van der Waals surface area contributed by atoms with Gasteiger partial charge in [0.05, 0.1) is 55.3 Å². The van der Waals surface area contributed by atoms with E-state index in [9.17, 15) is 14.4 Å². The maximum absolute atomic E-state index is 14.2. The molecule has 5 aromatic rings. The Hall–Kier alpha value is -5.68. The van der Waals surface area contributed by atoms with Crippen LogP contribution in [0.25, 0.3) is 23.1 Å². The minimum atomic E-state index is -0.886. The number of carbonyl (C=O) groups is 2. The summed E-state index contributed by atoms with van der Waals surface area (Å²) in [5.41, 5.74) is 2.75. The summed E-state index contributed by atoms with van der Waals surface area (Å²) in [6.45, 7) is 1.87. The van der Waals surface area contributed by atoms with E-state index >= 15 is 0 Å². The first-order valence-corrected chi connectivity index (χ1v) is 15.5. The van der Waals surface area contributed by atoms with Crippen LogP contribution in [-0.2, 0) is 14.3 Å². The van der Waals surface area contributed by atoms with Crippen molar-refractivity contribution in [3.05, 3.63) is 133 Å². The van der Waals surface area contributed by atoms with E-state index in [0.29, 0.717) is 54.7 Å². The number of aromatic nitrogens is 1. The molecule has 3 heterocycles. The Morgan fingerprint density at radius 2 is 1.64 bits per heavy atom. The Morgan fingerprint density at radius 3 is 2.32 bits per heavy atom. The van der Waals surface area contributed by atoms with Crippen molar-refractivity contribution in [2.24, 2.45) is 4.99 Å². The van der Waals surface area contributed by atoms with E-state index in [1.807, 2.05) is 30.3 Å². The molecule has 1 unspecified atom stereocenters. The molecule has 0 saturated carbocycles. The zero-order valence-electron chi connectivity index (χ0n) is 26.0.